The third kappa shape index (κ3) is 3.87. The van der Waals surface area contributed by atoms with Crippen LogP contribution in [0.4, 0.5) is 0 Å². The Balaban J connectivity index is 1.68. The van der Waals surface area contributed by atoms with Gasteiger partial charge in [0.25, 0.3) is 0 Å². The maximum absolute atomic E-state index is 11.5. The molecule has 29 heavy (non-hydrogen) atoms. The van der Waals surface area contributed by atoms with Crippen LogP contribution in [-0.2, 0) is 17.8 Å². The number of fused-ring (bicyclic) bond motifs is 1. The van der Waals surface area contributed by atoms with Crippen LogP contribution in [0.25, 0.3) is 22.2 Å². The highest BCUT2D eigenvalue weighted by Gasteiger charge is 2.18. The summed E-state index contributed by atoms with van der Waals surface area (Å²) < 4.78 is 5.87. The molecule has 0 atom stereocenters. The summed E-state index contributed by atoms with van der Waals surface area (Å²) in [5.74, 6) is -0.0586. The fourth-order valence-electron chi connectivity index (χ4n) is 3.72. The number of nitrogens with one attached hydrogen (secondary N) is 1. The van der Waals surface area contributed by atoms with Crippen molar-refractivity contribution >= 4 is 16.9 Å². The maximum atomic E-state index is 11.5. The normalized spacial score (nSPS) is 11.0. The molecule has 0 radical (unpaired) electrons. The van der Waals surface area contributed by atoms with E-state index in [1.165, 1.54) is 0 Å². The zero-order valence-corrected chi connectivity index (χ0v) is 16.5. The number of hydrogen-bond donors (Lipinski definition) is 2. The Morgan fingerprint density at radius 1 is 0.931 bits per heavy atom. The number of carbonyl (C=O) groups is 1. The van der Waals surface area contributed by atoms with Crippen molar-refractivity contribution in [1.82, 2.24) is 4.98 Å². The van der Waals surface area contributed by atoms with Crippen molar-refractivity contribution in [2.45, 2.75) is 26.9 Å². The number of aromatic amines is 1. The standard InChI is InChI=1S/C25H23NO3/c1-16-8-9-17(2)24-23(16)21(14-22(27)28)25(26-24)19-10-12-20(13-11-19)29-15-18-6-4-3-5-7-18/h3-13,26H,14-15H2,1-2H3,(H,27,28). The van der Waals surface area contributed by atoms with E-state index in [9.17, 15) is 9.90 Å². The highest BCUT2D eigenvalue weighted by atomic mass is 16.5. The van der Waals surface area contributed by atoms with Crippen LogP contribution in [0.3, 0.4) is 0 Å². The number of aromatic nitrogens is 1. The lowest BCUT2D eigenvalue weighted by atomic mass is 9.98. The first-order chi connectivity index (χ1) is 14.0. The molecule has 0 aliphatic carbocycles. The molecule has 0 unspecified atom stereocenters. The Hall–Kier alpha value is -3.53. The summed E-state index contributed by atoms with van der Waals surface area (Å²) in [4.78, 5) is 15.0. The minimum atomic E-state index is -0.837. The van der Waals surface area contributed by atoms with Gasteiger partial charge in [0, 0.05) is 10.9 Å². The third-order valence-corrected chi connectivity index (χ3v) is 5.19. The number of hydrogen-bond acceptors (Lipinski definition) is 2. The molecule has 4 heteroatoms. The molecule has 0 amide bonds. The molecule has 1 heterocycles. The van der Waals surface area contributed by atoms with Gasteiger partial charge in [0.1, 0.15) is 12.4 Å². The predicted octanol–water partition coefficient (Wildman–Crippen LogP) is 5.66. The molecule has 2 N–H and O–H groups in total. The summed E-state index contributed by atoms with van der Waals surface area (Å²) in [5, 5.41) is 10.5. The van der Waals surface area contributed by atoms with E-state index in [-0.39, 0.29) is 6.42 Å². The number of ether oxygens (including phenoxy) is 1. The van der Waals surface area contributed by atoms with Crippen LogP contribution in [0.2, 0.25) is 0 Å². The van der Waals surface area contributed by atoms with E-state index < -0.39 is 5.97 Å². The SMILES string of the molecule is Cc1ccc(C)c2c(CC(=O)O)c(-c3ccc(OCc4ccccc4)cc3)[nH]c12. The van der Waals surface area contributed by atoms with Crippen LogP contribution in [0.15, 0.2) is 66.7 Å². The van der Waals surface area contributed by atoms with Gasteiger partial charge in [0.05, 0.1) is 12.1 Å². The Bertz CT molecular complexity index is 1160. The van der Waals surface area contributed by atoms with E-state index in [4.69, 9.17) is 4.74 Å². The Labute approximate surface area is 169 Å². The smallest absolute Gasteiger partial charge is 0.307 e. The number of H-pyrrole nitrogens is 1. The van der Waals surface area contributed by atoms with Crippen LogP contribution in [0, 0.1) is 13.8 Å². The molecular weight excluding hydrogens is 362 g/mol. The molecule has 0 aliphatic heterocycles. The Morgan fingerprint density at radius 3 is 2.31 bits per heavy atom. The summed E-state index contributed by atoms with van der Waals surface area (Å²) in [5.41, 5.74) is 6.92. The van der Waals surface area contributed by atoms with Crippen LogP contribution in [0.1, 0.15) is 22.3 Å². The average molecular weight is 385 g/mol. The lowest BCUT2D eigenvalue weighted by molar-refractivity contribution is -0.136. The summed E-state index contributed by atoms with van der Waals surface area (Å²) in [7, 11) is 0. The number of aliphatic carboxylic acids is 1. The summed E-state index contributed by atoms with van der Waals surface area (Å²) >= 11 is 0. The lowest BCUT2D eigenvalue weighted by Gasteiger charge is -2.08. The topological polar surface area (TPSA) is 62.3 Å². The number of carboxylic acid groups (broad SMARTS) is 1. The van der Waals surface area contributed by atoms with Gasteiger partial charge in [-0.15, -0.1) is 0 Å². The maximum Gasteiger partial charge on any atom is 0.307 e. The molecule has 0 saturated heterocycles. The van der Waals surface area contributed by atoms with E-state index in [2.05, 4.69) is 11.1 Å². The lowest BCUT2D eigenvalue weighted by Crippen LogP contribution is -2.01. The summed E-state index contributed by atoms with van der Waals surface area (Å²) in [6.07, 6.45) is -0.0219. The molecule has 4 rings (SSSR count). The molecule has 0 saturated carbocycles. The van der Waals surface area contributed by atoms with Crippen molar-refractivity contribution in [2.75, 3.05) is 0 Å². The molecule has 0 fully saturated rings. The molecule has 0 spiro atoms. The van der Waals surface area contributed by atoms with Crippen LogP contribution in [0.5, 0.6) is 5.75 Å². The molecule has 4 nitrogen and oxygen atoms in total. The minimum absolute atomic E-state index is 0.0219. The van der Waals surface area contributed by atoms with Gasteiger partial charge in [0.15, 0.2) is 0 Å². The van der Waals surface area contributed by atoms with Gasteiger partial charge in [-0.3, -0.25) is 4.79 Å². The van der Waals surface area contributed by atoms with Gasteiger partial charge in [-0.05, 0) is 65.9 Å². The largest absolute Gasteiger partial charge is 0.489 e. The number of benzene rings is 3. The second-order valence-electron chi connectivity index (χ2n) is 7.30. The Kier molecular flexibility index (Phi) is 5.09. The first kappa shape index (κ1) is 18.8. The van der Waals surface area contributed by atoms with Gasteiger partial charge in [0.2, 0.25) is 0 Å². The molecular formula is C25H23NO3. The zero-order chi connectivity index (χ0) is 20.4. The van der Waals surface area contributed by atoms with E-state index in [0.29, 0.717) is 6.61 Å². The Morgan fingerprint density at radius 2 is 1.62 bits per heavy atom. The van der Waals surface area contributed by atoms with Gasteiger partial charge < -0.3 is 14.8 Å². The fourth-order valence-corrected chi connectivity index (χ4v) is 3.72. The minimum Gasteiger partial charge on any atom is -0.489 e. The predicted molar refractivity (Wildman–Crippen MR) is 115 cm³/mol. The van der Waals surface area contributed by atoms with E-state index in [1.807, 2.05) is 74.5 Å². The van der Waals surface area contributed by atoms with Gasteiger partial charge in [-0.2, -0.15) is 0 Å². The molecule has 146 valence electrons. The summed E-state index contributed by atoms with van der Waals surface area (Å²) in [6.45, 7) is 4.56. The van der Waals surface area contributed by atoms with Crippen molar-refractivity contribution in [2.24, 2.45) is 0 Å². The average Bonchev–Trinajstić information content (AvgIpc) is 3.10. The highest BCUT2D eigenvalue weighted by Crippen LogP contribution is 2.35. The van der Waals surface area contributed by atoms with Crippen molar-refractivity contribution in [3.05, 3.63) is 89.0 Å². The van der Waals surface area contributed by atoms with Gasteiger partial charge in [-0.25, -0.2) is 0 Å². The molecule has 0 aliphatic rings. The fraction of sp³-hybridized carbons (Fsp3) is 0.160. The molecule has 0 bridgehead atoms. The van der Waals surface area contributed by atoms with Gasteiger partial charge >= 0.3 is 5.97 Å². The number of aryl methyl sites for hydroxylation is 2. The van der Waals surface area contributed by atoms with E-state index >= 15 is 0 Å². The van der Waals surface area contributed by atoms with Crippen molar-refractivity contribution < 1.29 is 14.6 Å². The second kappa shape index (κ2) is 7.84. The van der Waals surface area contributed by atoms with Crippen LogP contribution < -0.4 is 4.74 Å². The zero-order valence-electron chi connectivity index (χ0n) is 16.5. The van der Waals surface area contributed by atoms with Crippen LogP contribution >= 0.6 is 0 Å². The third-order valence-electron chi connectivity index (χ3n) is 5.19. The first-order valence-corrected chi connectivity index (χ1v) is 9.62. The number of rotatable bonds is 6. The van der Waals surface area contributed by atoms with E-state index in [0.717, 1.165) is 50.2 Å². The van der Waals surface area contributed by atoms with Crippen molar-refractivity contribution in [1.29, 1.82) is 0 Å². The second-order valence-corrected chi connectivity index (χ2v) is 7.30. The number of carboxylic acids is 1. The van der Waals surface area contributed by atoms with Crippen molar-refractivity contribution in [3.8, 4) is 17.0 Å². The highest BCUT2D eigenvalue weighted by molar-refractivity contribution is 5.97. The first-order valence-electron chi connectivity index (χ1n) is 9.62. The van der Waals surface area contributed by atoms with Crippen LogP contribution in [-0.4, -0.2) is 16.1 Å². The molecule has 1 aromatic heterocycles. The molecule has 4 aromatic rings. The quantitative estimate of drug-likeness (QED) is 0.450. The summed E-state index contributed by atoms with van der Waals surface area (Å²) in [6, 6.07) is 21.9. The van der Waals surface area contributed by atoms with Gasteiger partial charge in [-0.1, -0.05) is 42.5 Å². The van der Waals surface area contributed by atoms with Crippen molar-refractivity contribution in [3.63, 3.8) is 0 Å². The monoisotopic (exact) mass is 385 g/mol. The van der Waals surface area contributed by atoms with E-state index in [1.54, 1.807) is 0 Å². The molecule has 3 aromatic carbocycles.